The second-order valence-electron chi connectivity index (χ2n) is 5.13. The Balaban J connectivity index is 2.12. The zero-order valence-corrected chi connectivity index (χ0v) is 15.5. The summed E-state index contributed by atoms with van der Waals surface area (Å²) in [5.74, 6) is -0.123. The van der Waals surface area contributed by atoms with E-state index in [4.69, 9.17) is 0 Å². The molecule has 2 aromatic rings. The monoisotopic (exact) mass is 389 g/mol. The number of hydrogen-bond donors (Lipinski definition) is 1. The van der Waals surface area contributed by atoms with Crippen molar-refractivity contribution in [3.63, 3.8) is 0 Å². The number of pyridine rings is 1. The van der Waals surface area contributed by atoms with Crippen LogP contribution in [0.3, 0.4) is 0 Å². The lowest BCUT2D eigenvalue weighted by atomic mass is 10.1. The maximum atomic E-state index is 12.3. The molecular formula is C17H16BrN3OS. The van der Waals surface area contributed by atoms with Gasteiger partial charge in [0.25, 0.3) is 0 Å². The zero-order valence-electron chi connectivity index (χ0n) is 13.1. The van der Waals surface area contributed by atoms with Crippen LogP contribution in [0.1, 0.15) is 23.7 Å². The predicted octanol–water partition coefficient (Wildman–Crippen LogP) is 4.45. The predicted molar refractivity (Wildman–Crippen MR) is 96.5 cm³/mol. The summed E-state index contributed by atoms with van der Waals surface area (Å²) in [5.41, 5.74) is 2.98. The minimum absolute atomic E-state index is 0.123. The highest BCUT2D eigenvalue weighted by atomic mass is 79.9. The lowest BCUT2D eigenvalue weighted by molar-refractivity contribution is -0.115. The first-order valence-corrected chi connectivity index (χ1v) is 8.69. The molecule has 0 unspecified atom stereocenters. The summed E-state index contributed by atoms with van der Waals surface area (Å²) in [6, 6.07) is 11.4. The number of nitrogens with one attached hydrogen (secondary N) is 1. The maximum absolute atomic E-state index is 12.3. The van der Waals surface area contributed by atoms with Gasteiger partial charge in [-0.2, -0.15) is 5.26 Å². The molecule has 0 fully saturated rings. The van der Waals surface area contributed by atoms with Gasteiger partial charge in [0, 0.05) is 15.9 Å². The number of benzene rings is 1. The van der Waals surface area contributed by atoms with E-state index in [1.54, 1.807) is 6.92 Å². The van der Waals surface area contributed by atoms with Crippen LogP contribution in [0.25, 0.3) is 0 Å². The fraction of sp³-hybridized carbons (Fsp3) is 0.235. The van der Waals surface area contributed by atoms with E-state index in [-0.39, 0.29) is 11.2 Å². The topological polar surface area (TPSA) is 65.8 Å². The Kier molecular flexibility index (Phi) is 5.80. The first-order chi connectivity index (χ1) is 10.9. The molecule has 1 N–H and O–H groups in total. The molecule has 0 bridgehead atoms. The molecule has 0 aliphatic heterocycles. The number of nitrogens with zero attached hydrogens (tertiary/aromatic N) is 2. The van der Waals surface area contributed by atoms with Crippen molar-refractivity contribution in [2.24, 2.45) is 0 Å². The molecule has 1 atom stereocenters. The van der Waals surface area contributed by atoms with E-state index in [2.05, 4.69) is 32.3 Å². The van der Waals surface area contributed by atoms with Gasteiger partial charge in [0.2, 0.25) is 5.91 Å². The second kappa shape index (κ2) is 7.62. The van der Waals surface area contributed by atoms with Crippen molar-refractivity contribution in [3.05, 3.63) is 51.6 Å². The fourth-order valence-corrected chi connectivity index (χ4v) is 3.31. The molecule has 1 amide bonds. The van der Waals surface area contributed by atoms with E-state index < -0.39 is 0 Å². The van der Waals surface area contributed by atoms with Crippen molar-refractivity contribution in [2.45, 2.75) is 31.0 Å². The number of nitriles is 1. The van der Waals surface area contributed by atoms with E-state index in [1.807, 2.05) is 44.2 Å². The van der Waals surface area contributed by atoms with Crippen LogP contribution in [0.4, 0.5) is 5.69 Å². The third kappa shape index (κ3) is 4.57. The quantitative estimate of drug-likeness (QED) is 0.784. The van der Waals surface area contributed by atoms with Crippen LogP contribution in [-0.2, 0) is 4.79 Å². The number of halogens is 1. The molecular weight excluding hydrogens is 374 g/mol. The molecule has 0 aliphatic rings. The third-order valence-corrected chi connectivity index (χ3v) is 4.81. The van der Waals surface area contributed by atoms with Crippen LogP contribution < -0.4 is 5.32 Å². The molecule has 0 aliphatic carbocycles. The Bertz CT molecular complexity index is 769. The second-order valence-corrected chi connectivity index (χ2v) is 7.37. The van der Waals surface area contributed by atoms with Crippen LogP contribution in [0.15, 0.2) is 39.8 Å². The average molecular weight is 390 g/mol. The van der Waals surface area contributed by atoms with Crippen molar-refractivity contribution in [2.75, 3.05) is 5.32 Å². The molecule has 1 aromatic carbocycles. The molecule has 6 heteroatoms. The van der Waals surface area contributed by atoms with Gasteiger partial charge in [-0.1, -0.05) is 27.7 Å². The third-order valence-electron chi connectivity index (χ3n) is 3.19. The van der Waals surface area contributed by atoms with Gasteiger partial charge in [-0.05, 0) is 56.7 Å². The largest absolute Gasteiger partial charge is 0.325 e. The van der Waals surface area contributed by atoms with Gasteiger partial charge in [0.1, 0.15) is 11.1 Å². The smallest absolute Gasteiger partial charge is 0.237 e. The molecule has 0 spiro atoms. The summed E-state index contributed by atoms with van der Waals surface area (Å²) in [6.07, 6.45) is 0. The number of carbonyl (C=O) groups excluding carboxylic acids is 1. The highest BCUT2D eigenvalue weighted by Gasteiger charge is 2.18. The highest BCUT2D eigenvalue weighted by Crippen LogP contribution is 2.28. The molecule has 0 saturated heterocycles. The van der Waals surface area contributed by atoms with Crippen LogP contribution in [0.5, 0.6) is 0 Å². The first kappa shape index (κ1) is 17.5. The summed E-state index contributed by atoms with van der Waals surface area (Å²) in [7, 11) is 0. The van der Waals surface area contributed by atoms with E-state index in [9.17, 15) is 10.1 Å². The Morgan fingerprint density at radius 2 is 2.00 bits per heavy atom. The number of hydrogen-bond acceptors (Lipinski definition) is 4. The minimum atomic E-state index is -0.362. The first-order valence-electron chi connectivity index (χ1n) is 7.02. The molecule has 0 saturated carbocycles. The summed E-state index contributed by atoms with van der Waals surface area (Å²) in [4.78, 5) is 16.7. The van der Waals surface area contributed by atoms with Gasteiger partial charge in [0.05, 0.1) is 10.8 Å². The van der Waals surface area contributed by atoms with Crippen molar-refractivity contribution < 1.29 is 4.79 Å². The number of aromatic nitrogens is 1. The standard InChI is InChI=1S/C17H16BrN3OS/c1-10-8-11(2)20-17(15(10)9-19)23-12(3)16(22)21-14-6-4-13(18)5-7-14/h4-8,12H,1-3H3,(H,21,22)/t12-/m1/s1. The molecule has 0 radical (unpaired) electrons. The lowest BCUT2D eigenvalue weighted by Crippen LogP contribution is -2.22. The molecule has 1 heterocycles. The van der Waals surface area contributed by atoms with Crippen LogP contribution in [0, 0.1) is 25.2 Å². The van der Waals surface area contributed by atoms with Crippen LogP contribution in [-0.4, -0.2) is 16.1 Å². The summed E-state index contributed by atoms with van der Waals surface area (Å²) in [6.45, 7) is 5.56. The Hall–Kier alpha value is -1.84. The number of carbonyl (C=O) groups is 1. The summed E-state index contributed by atoms with van der Waals surface area (Å²) >= 11 is 4.66. The SMILES string of the molecule is Cc1cc(C)c(C#N)c(S[C@H](C)C(=O)Nc2ccc(Br)cc2)n1. The summed E-state index contributed by atoms with van der Waals surface area (Å²) < 4.78 is 0.955. The Morgan fingerprint density at radius 3 is 2.61 bits per heavy atom. The van der Waals surface area contributed by atoms with Gasteiger partial charge in [-0.3, -0.25) is 4.79 Å². The van der Waals surface area contributed by atoms with Crippen molar-refractivity contribution in [1.29, 1.82) is 5.26 Å². The maximum Gasteiger partial charge on any atom is 0.237 e. The van der Waals surface area contributed by atoms with Gasteiger partial charge in [0.15, 0.2) is 0 Å². The molecule has 1 aromatic heterocycles. The normalized spacial score (nSPS) is 11.6. The van der Waals surface area contributed by atoms with Gasteiger partial charge < -0.3 is 5.32 Å². The van der Waals surface area contributed by atoms with Crippen molar-refractivity contribution in [3.8, 4) is 6.07 Å². The van der Waals surface area contributed by atoms with Crippen LogP contribution in [0.2, 0.25) is 0 Å². The Morgan fingerprint density at radius 1 is 1.35 bits per heavy atom. The lowest BCUT2D eigenvalue weighted by Gasteiger charge is -2.13. The average Bonchev–Trinajstić information content (AvgIpc) is 2.49. The van der Waals surface area contributed by atoms with E-state index in [1.165, 1.54) is 11.8 Å². The molecule has 23 heavy (non-hydrogen) atoms. The van der Waals surface area contributed by atoms with E-state index in [0.717, 1.165) is 21.4 Å². The molecule has 2 rings (SSSR count). The van der Waals surface area contributed by atoms with Gasteiger partial charge >= 0.3 is 0 Å². The van der Waals surface area contributed by atoms with Gasteiger partial charge in [-0.25, -0.2) is 4.98 Å². The highest BCUT2D eigenvalue weighted by molar-refractivity contribution is 9.10. The van der Waals surface area contributed by atoms with Crippen molar-refractivity contribution >= 4 is 39.3 Å². The van der Waals surface area contributed by atoms with Crippen LogP contribution >= 0.6 is 27.7 Å². The zero-order chi connectivity index (χ0) is 17.0. The molecule has 118 valence electrons. The molecule has 4 nitrogen and oxygen atoms in total. The number of thioether (sulfide) groups is 1. The number of rotatable bonds is 4. The number of aryl methyl sites for hydroxylation is 2. The van der Waals surface area contributed by atoms with E-state index in [0.29, 0.717) is 10.6 Å². The van der Waals surface area contributed by atoms with Crippen molar-refractivity contribution in [1.82, 2.24) is 4.98 Å². The summed E-state index contributed by atoms with van der Waals surface area (Å²) in [5, 5.41) is 12.4. The van der Waals surface area contributed by atoms with E-state index >= 15 is 0 Å². The van der Waals surface area contributed by atoms with Gasteiger partial charge in [-0.15, -0.1) is 0 Å². The number of anilines is 1. The minimum Gasteiger partial charge on any atom is -0.325 e. The number of amides is 1. The fourth-order valence-electron chi connectivity index (χ4n) is 2.02. The Labute approximate surface area is 148 Å².